The fourth-order valence-electron chi connectivity index (χ4n) is 2.52. The predicted molar refractivity (Wildman–Crippen MR) is 80.3 cm³/mol. The van der Waals surface area contributed by atoms with Crippen molar-refractivity contribution in [1.82, 2.24) is 5.32 Å². The molecule has 1 fully saturated rings. The Morgan fingerprint density at radius 1 is 1.45 bits per heavy atom. The minimum absolute atomic E-state index is 0.0180. The van der Waals surface area contributed by atoms with E-state index < -0.39 is 0 Å². The zero-order valence-corrected chi connectivity index (χ0v) is 12.7. The van der Waals surface area contributed by atoms with E-state index in [2.05, 4.69) is 5.32 Å². The van der Waals surface area contributed by atoms with Crippen LogP contribution >= 0.6 is 11.8 Å². The van der Waals surface area contributed by atoms with Crippen molar-refractivity contribution in [3.63, 3.8) is 0 Å². The Bertz CT molecular complexity index is 447. The Balaban J connectivity index is 1.78. The van der Waals surface area contributed by atoms with Crippen LogP contribution in [0.15, 0.2) is 29.4 Å². The summed E-state index contributed by atoms with van der Waals surface area (Å²) in [6, 6.07) is 5.23. The molecule has 1 aromatic heterocycles. The zero-order valence-electron chi connectivity index (χ0n) is 11.9. The van der Waals surface area contributed by atoms with Crippen molar-refractivity contribution >= 4 is 17.7 Å². The molecule has 1 atom stereocenters. The molecule has 20 heavy (non-hydrogen) atoms. The number of carbonyl (C=O) groups excluding carboxylic acids is 1. The van der Waals surface area contributed by atoms with E-state index in [-0.39, 0.29) is 11.2 Å². The monoisotopic (exact) mass is 294 g/mol. The van der Waals surface area contributed by atoms with Crippen molar-refractivity contribution in [2.75, 3.05) is 6.54 Å². The number of amides is 1. The van der Waals surface area contributed by atoms with Gasteiger partial charge in [-0.3, -0.25) is 4.79 Å². The van der Waals surface area contributed by atoms with Gasteiger partial charge in [-0.2, -0.15) is 4.73 Å². The average molecular weight is 294 g/mol. The highest BCUT2D eigenvalue weighted by atomic mass is 32.2. The van der Waals surface area contributed by atoms with Crippen molar-refractivity contribution in [2.45, 2.75) is 49.3 Å². The number of nitrogens with one attached hydrogen (secondary N) is 1. The summed E-state index contributed by atoms with van der Waals surface area (Å²) < 4.78 is 0.801. The molecule has 1 amide bonds. The molecule has 4 nitrogen and oxygen atoms in total. The van der Waals surface area contributed by atoms with E-state index in [1.54, 1.807) is 12.1 Å². The molecule has 110 valence electrons. The maximum absolute atomic E-state index is 12.1. The van der Waals surface area contributed by atoms with Gasteiger partial charge < -0.3 is 10.5 Å². The van der Waals surface area contributed by atoms with Gasteiger partial charge >= 0.3 is 0 Å². The summed E-state index contributed by atoms with van der Waals surface area (Å²) in [5.74, 6) is 0.649. The molecule has 1 aliphatic carbocycles. The van der Waals surface area contributed by atoms with Crippen LogP contribution in [0.5, 0.6) is 0 Å². The highest BCUT2D eigenvalue weighted by Crippen LogP contribution is 2.23. The first-order valence-electron chi connectivity index (χ1n) is 7.29. The van der Waals surface area contributed by atoms with Crippen LogP contribution in [0.1, 0.15) is 39.0 Å². The molecule has 5 heteroatoms. The largest absolute Gasteiger partial charge is 0.618 e. The number of rotatable bonds is 5. The number of pyridine rings is 1. The zero-order chi connectivity index (χ0) is 14.4. The Morgan fingerprint density at radius 3 is 2.90 bits per heavy atom. The van der Waals surface area contributed by atoms with E-state index in [1.807, 2.05) is 13.0 Å². The van der Waals surface area contributed by atoms with Crippen LogP contribution in [-0.4, -0.2) is 17.7 Å². The molecular weight excluding hydrogens is 272 g/mol. The lowest BCUT2D eigenvalue weighted by Gasteiger charge is -2.22. The predicted octanol–water partition coefficient (Wildman–Crippen LogP) is 2.50. The van der Waals surface area contributed by atoms with Crippen LogP contribution in [0.4, 0.5) is 0 Å². The van der Waals surface area contributed by atoms with Gasteiger partial charge in [-0.05, 0) is 43.5 Å². The summed E-state index contributed by atoms with van der Waals surface area (Å²) in [5.41, 5.74) is 0. The first-order chi connectivity index (χ1) is 9.66. The SMILES string of the molecule is C[C@@H](Sc1cccc[n+]1[O-])C(=O)NCC1CCCCC1. The minimum atomic E-state index is -0.249. The van der Waals surface area contributed by atoms with Crippen molar-refractivity contribution in [3.05, 3.63) is 29.6 Å². The molecule has 0 spiro atoms. The summed E-state index contributed by atoms with van der Waals surface area (Å²) in [4.78, 5) is 12.1. The lowest BCUT2D eigenvalue weighted by Crippen LogP contribution is -2.36. The Morgan fingerprint density at radius 2 is 2.20 bits per heavy atom. The summed E-state index contributed by atoms with van der Waals surface area (Å²) in [6.07, 6.45) is 7.79. The molecule has 0 aromatic carbocycles. The molecule has 0 aliphatic heterocycles. The Hall–Kier alpha value is -1.23. The topological polar surface area (TPSA) is 56.0 Å². The summed E-state index contributed by atoms with van der Waals surface area (Å²) in [5, 5.41) is 14.9. The first-order valence-corrected chi connectivity index (χ1v) is 8.17. The van der Waals surface area contributed by atoms with Crippen molar-refractivity contribution in [3.8, 4) is 0 Å². The van der Waals surface area contributed by atoms with Gasteiger partial charge in [0.15, 0.2) is 6.20 Å². The third-order valence-electron chi connectivity index (χ3n) is 3.75. The lowest BCUT2D eigenvalue weighted by atomic mass is 9.89. The first kappa shape index (κ1) is 15.2. The van der Waals surface area contributed by atoms with E-state index in [0.29, 0.717) is 10.9 Å². The molecule has 0 radical (unpaired) electrons. The number of aromatic nitrogens is 1. The second-order valence-corrected chi connectivity index (χ2v) is 6.74. The van der Waals surface area contributed by atoms with Crippen LogP contribution in [0.25, 0.3) is 0 Å². The van der Waals surface area contributed by atoms with Gasteiger partial charge in [0.05, 0.1) is 5.25 Å². The summed E-state index contributed by atoms with van der Waals surface area (Å²) in [6.45, 7) is 2.61. The quantitative estimate of drug-likeness (QED) is 0.516. The van der Waals surface area contributed by atoms with Crippen LogP contribution in [0, 0.1) is 11.1 Å². The van der Waals surface area contributed by atoms with Gasteiger partial charge in [-0.1, -0.05) is 19.3 Å². The van der Waals surface area contributed by atoms with E-state index in [9.17, 15) is 10.0 Å². The van der Waals surface area contributed by atoms with Gasteiger partial charge in [0.2, 0.25) is 5.91 Å². The summed E-state index contributed by atoms with van der Waals surface area (Å²) in [7, 11) is 0. The third kappa shape index (κ3) is 4.40. The number of hydrogen-bond acceptors (Lipinski definition) is 3. The highest BCUT2D eigenvalue weighted by Gasteiger charge is 2.20. The highest BCUT2D eigenvalue weighted by molar-refractivity contribution is 8.00. The fourth-order valence-corrected chi connectivity index (χ4v) is 3.39. The van der Waals surface area contributed by atoms with Gasteiger partial charge in [0, 0.05) is 18.7 Å². The fraction of sp³-hybridized carbons (Fsp3) is 0.600. The second-order valence-electron chi connectivity index (χ2n) is 5.37. The van der Waals surface area contributed by atoms with Crippen LogP contribution < -0.4 is 10.0 Å². The summed E-state index contributed by atoms with van der Waals surface area (Å²) >= 11 is 1.30. The Kier molecular flexibility index (Phi) is 5.71. The van der Waals surface area contributed by atoms with Crippen LogP contribution in [0.2, 0.25) is 0 Å². The van der Waals surface area contributed by atoms with Crippen molar-refractivity contribution < 1.29 is 9.52 Å². The second kappa shape index (κ2) is 7.53. The van der Waals surface area contributed by atoms with E-state index in [1.165, 1.54) is 50.1 Å². The molecule has 1 aliphatic rings. The number of thioether (sulfide) groups is 1. The maximum atomic E-state index is 12.1. The van der Waals surface area contributed by atoms with Crippen LogP contribution in [0.3, 0.4) is 0 Å². The van der Waals surface area contributed by atoms with Crippen LogP contribution in [-0.2, 0) is 4.79 Å². The standard InChI is InChI=1S/C15H22N2O2S/c1-12(20-14-9-5-6-10-17(14)19)15(18)16-11-13-7-3-2-4-8-13/h5-6,9-10,12-13H,2-4,7-8,11H2,1H3,(H,16,18)/t12-/m1/s1. The lowest BCUT2D eigenvalue weighted by molar-refractivity contribution is -0.645. The maximum Gasteiger partial charge on any atom is 0.252 e. The van der Waals surface area contributed by atoms with E-state index in [0.717, 1.165) is 11.3 Å². The molecule has 1 N–H and O–H groups in total. The average Bonchev–Trinajstić information content (AvgIpc) is 2.48. The van der Waals surface area contributed by atoms with Crippen molar-refractivity contribution in [1.29, 1.82) is 0 Å². The van der Waals surface area contributed by atoms with Gasteiger partial charge in [-0.25, -0.2) is 0 Å². The smallest absolute Gasteiger partial charge is 0.252 e. The Labute approximate surface area is 124 Å². The van der Waals surface area contributed by atoms with Crippen molar-refractivity contribution in [2.24, 2.45) is 5.92 Å². The number of carbonyl (C=O) groups is 1. The van der Waals surface area contributed by atoms with Gasteiger partial charge in [0.25, 0.3) is 5.03 Å². The van der Waals surface area contributed by atoms with Gasteiger partial charge in [0.1, 0.15) is 0 Å². The molecule has 0 saturated heterocycles. The number of nitrogens with zero attached hydrogens (tertiary/aromatic N) is 1. The van der Waals surface area contributed by atoms with E-state index in [4.69, 9.17) is 0 Å². The molecule has 0 bridgehead atoms. The molecule has 1 heterocycles. The van der Waals surface area contributed by atoms with E-state index >= 15 is 0 Å². The molecular formula is C15H22N2O2S. The van der Waals surface area contributed by atoms with Gasteiger partial charge in [-0.15, -0.1) is 0 Å². The third-order valence-corrected chi connectivity index (χ3v) is 4.87. The molecule has 2 rings (SSSR count). The molecule has 1 aromatic rings. The molecule has 1 saturated carbocycles. The molecule has 0 unspecified atom stereocenters. The number of hydrogen-bond donors (Lipinski definition) is 1. The minimum Gasteiger partial charge on any atom is -0.618 e. The normalized spacial score (nSPS) is 17.6.